The predicted molar refractivity (Wildman–Crippen MR) is 58.4 cm³/mol. The highest BCUT2D eigenvalue weighted by Gasteiger charge is 2.15. The molecule has 1 heterocycles. The van der Waals surface area contributed by atoms with Gasteiger partial charge in [0.1, 0.15) is 0 Å². The number of thioether (sulfide) groups is 1. The fourth-order valence-electron chi connectivity index (χ4n) is 1.38. The largest absolute Gasteiger partial charge is 0.324 e. The summed E-state index contributed by atoms with van der Waals surface area (Å²) in [6, 6.07) is 5.97. The normalized spacial score (nSPS) is 17.1. The Morgan fingerprint density at radius 2 is 2.36 bits per heavy atom. The first-order chi connectivity index (χ1) is 6.66. The highest BCUT2D eigenvalue weighted by Crippen LogP contribution is 2.32. The Hall–Kier alpha value is -1.000. The lowest BCUT2D eigenvalue weighted by Gasteiger charge is -2.17. The van der Waals surface area contributed by atoms with E-state index in [4.69, 9.17) is 5.73 Å². The van der Waals surface area contributed by atoms with Crippen molar-refractivity contribution in [2.45, 2.75) is 17.9 Å². The van der Waals surface area contributed by atoms with Gasteiger partial charge in [0.25, 0.3) is 0 Å². The molecule has 0 aromatic heterocycles. The van der Waals surface area contributed by atoms with Crippen LogP contribution in [0.5, 0.6) is 0 Å². The molecule has 0 bridgehead atoms. The van der Waals surface area contributed by atoms with Gasteiger partial charge in [-0.05, 0) is 24.6 Å². The zero-order valence-corrected chi connectivity index (χ0v) is 8.73. The summed E-state index contributed by atoms with van der Waals surface area (Å²) in [6.45, 7) is 1.93. The van der Waals surface area contributed by atoms with Gasteiger partial charge >= 0.3 is 0 Å². The van der Waals surface area contributed by atoms with Crippen molar-refractivity contribution in [3.8, 4) is 0 Å². The molecule has 4 heteroatoms. The summed E-state index contributed by atoms with van der Waals surface area (Å²) in [7, 11) is 0. The van der Waals surface area contributed by atoms with Crippen LogP contribution in [0, 0.1) is 0 Å². The number of benzene rings is 1. The topological polar surface area (TPSA) is 55.1 Å². The van der Waals surface area contributed by atoms with Gasteiger partial charge in [-0.3, -0.25) is 4.79 Å². The van der Waals surface area contributed by atoms with Gasteiger partial charge in [-0.1, -0.05) is 6.07 Å². The predicted octanol–water partition coefficient (Wildman–Crippen LogP) is 1.75. The van der Waals surface area contributed by atoms with E-state index in [0.29, 0.717) is 5.75 Å². The summed E-state index contributed by atoms with van der Waals surface area (Å²) in [5.74, 6) is 0.564. The molecule has 0 spiro atoms. The molecular formula is C10H12N2OS. The summed E-state index contributed by atoms with van der Waals surface area (Å²) < 4.78 is 0. The number of hydrogen-bond acceptors (Lipinski definition) is 3. The second-order valence-corrected chi connectivity index (χ2v) is 4.40. The molecule has 3 nitrogen and oxygen atoms in total. The molecule has 0 saturated carbocycles. The Balaban J connectivity index is 2.37. The average Bonchev–Trinajstić information content (AvgIpc) is 2.16. The van der Waals surface area contributed by atoms with E-state index in [2.05, 4.69) is 5.32 Å². The third-order valence-electron chi connectivity index (χ3n) is 2.16. The molecule has 74 valence electrons. The second kappa shape index (κ2) is 3.63. The van der Waals surface area contributed by atoms with Crippen molar-refractivity contribution in [2.24, 2.45) is 5.73 Å². The van der Waals surface area contributed by atoms with Crippen LogP contribution in [0.3, 0.4) is 0 Å². The third kappa shape index (κ3) is 1.76. The highest BCUT2D eigenvalue weighted by molar-refractivity contribution is 8.00. The van der Waals surface area contributed by atoms with Gasteiger partial charge in [-0.25, -0.2) is 0 Å². The standard InChI is InChI=1S/C10H12N2OS/c1-6(11)7-2-3-9-8(4-7)12-10(13)5-14-9/h2-4,6H,5,11H2,1H3,(H,12,13). The second-order valence-electron chi connectivity index (χ2n) is 3.38. The number of amides is 1. The first-order valence-corrected chi connectivity index (χ1v) is 5.47. The van der Waals surface area contributed by atoms with Gasteiger partial charge < -0.3 is 11.1 Å². The molecule has 1 unspecified atom stereocenters. The smallest absolute Gasteiger partial charge is 0.234 e. The molecule has 1 aliphatic heterocycles. The van der Waals surface area contributed by atoms with Gasteiger partial charge in [0.15, 0.2) is 0 Å². The lowest BCUT2D eigenvalue weighted by atomic mass is 10.1. The molecule has 0 aliphatic carbocycles. The molecule has 0 radical (unpaired) electrons. The van der Waals surface area contributed by atoms with Crippen LogP contribution >= 0.6 is 11.8 Å². The number of anilines is 1. The van der Waals surface area contributed by atoms with E-state index >= 15 is 0 Å². The van der Waals surface area contributed by atoms with E-state index in [-0.39, 0.29) is 11.9 Å². The number of carbonyl (C=O) groups is 1. The van der Waals surface area contributed by atoms with Crippen molar-refractivity contribution in [1.29, 1.82) is 0 Å². The van der Waals surface area contributed by atoms with Crippen molar-refractivity contribution in [3.05, 3.63) is 23.8 Å². The molecule has 1 aliphatic rings. The molecule has 2 rings (SSSR count). The van der Waals surface area contributed by atoms with Gasteiger partial charge in [0.05, 0.1) is 11.4 Å². The lowest BCUT2D eigenvalue weighted by Crippen LogP contribution is -2.19. The molecule has 1 aromatic rings. The molecule has 0 fully saturated rings. The van der Waals surface area contributed by atoms with Gasteiger partial charge in [-0.15, -0.1) is 11.8 Å². The van der Waals surface area contributed by atoms with Crippen molar-refractivity contribution in [1.82, 2.24) is 0 Å². The molecule has 3 N–H and O–H groups in total. The van der Waals surface area contributed by atoms with E-state index in [1.54, 1.807) is 11.8 Å². The summed E-state index contributed by atoms with van der Waals surface area (Å²) in [6.07, 6.45) is 0. The minimum atomic E-state index is 0.00382. The van der Waals surface area contributed by atoms with E-state index in [9.17, 15) is 4.79 Å². The minimum Gasteiger partial charge on any atom is -0.324 e. The lowest BCUT2D eigenvalue weighted by molar-refractivity contribution is -0.113. The van der Waals surface area contributed by atoms with Gasteiger partial charge in [0, 0.05) is 10.9 Å². The van der Waals surface area contributed by atoms with E-state index in [1.807, 2.05) is 25.1 Å². The van der Waals surface area contributed by atoms with Crippen LogP contribution < -0.4 is 11.1 Å². The summed E-state index contributed by atoms with van der Waals surface area (Å²) >= 11 is 1.56. The molecule has 1 aromatic carbocycles. The number of nitrogens with one attached hydrogen (secondary N) is 1. The van der Waals surface area contributed by atoms with Crippen molar-refractivity contribution in [2.75, 3.05) is 11.1 Å². The van der Waals surface area contributed by atoms with Crippen LogP contribution in [0.2, 0.25) is 0 Å². The molecule has 1 amide bonds. The Bertz CT molecular complexity index is 376. The Morgan fingerprint density at radius 3 is 3.07 bits per heavy atom. The van der Waals surface area contributed by atoms with Crippen LogP contribution in [0.4, 0.5) is 5.69 Å². The monoisotopic (exact) mass is 208 g/mol. The van der Waals surface area contributed by atoms with Crippen molar-refractivity contribution in [3.63, 3.8) is 0 Å². The van der Waals surface area contributed by atoms with Crippen molar-refractivity contribution >= 4 is 23.4 Å². The maximum Gasteiger partial charge on any atom is 0.234 e. The first kappa shape index (κ1) is 9.55. The zero-order chi connectivity index (χ0) is 10.1. The van der Waals surface area contributed by atoms with Crippen molar-refractivity contribution < 1.29 is 4.79 Å². The van der Waals surface area contributed by atoms with E-state index < -0.39 is 0 Å². The fourth-order valence-corrected chi connectivity index (χ4v) is 2.17. The number of hydrogen-bond donors (Lipinski definition) is 2. The van der Waals surface area contributed by atoms with Crippen LogP contribution in [0.15, 0.2) is 23.1 Å². The van der Waals surface area contributed by atoms with Gasteiger partial charge in [-0.2, -0.15) is 0 Å². The maximum atomic E-state index is 11.1. The molecular weight excluding hydrogens is 196 g/mol. The van der Waals surface area contributed by atoms with Gasteiger partial charge in [0.2, 0.25) is 5.91 Å². The van der Waals surface area contributed by atoms with Crippen LogP contribution in [0.1, 0.15) is 18.5 Å². The summed E-state index contributed by atoms with van der Waals surface area (Å²) in [4.78, 5) is 12.3. The molecule has 14 heavy (non-hydrogen) atoms. The Labute approximate surface area is 87.1 Å². The minimum absolute atomic E-state index is 0.00382. The third-order valence-corrected chi connectivity index (χ3v) is 3.24. The van der Waals surface area contributed by atoms with Crippen LogP contribution in [0.25, 0.3) is 0 Å². The van der Waals surface area contributed by atoms with E-state index in [0.717, 1.165) is 16.1 Å². The molecule has 1 atom stereocenters. The number of carbonyl (C=O) groups excluding carboxylic acids is 1. The highest BCUT2D eigenvalue weighted by atomic mass is 32.2. The quantitative estimate of drug-likeness (QED) is 0.739. The Morgan fingerprint density at radius 1 is 1.57 bits per heavy atom. The fraction of sp³-hybridized carbons (Fsp3) is 0.300. The SMILES string of the molecule is CC(N)c1ccc2c(c1)NC(=O)CS2. The summed E-state index contributed by atoms with van der Waals surface area (Å²) in [5, 5.41) is 2.84. The number of nitrogens with two attached hydrogens (primary N) is 1. The maximum absolute atomic E-state index is 11.1. The van der Waals surface area contributed by atoms with Crippen LogP contribution in [-0.4, -0.2) is 11.7 Å². The Kier molecular flexibility index (Phi) is 2.48. The molecule has 0 saturated heterocycles. The summed E-state index contributed by atoms with van der Waals surface area (Å²) in [5.41, 5.74) is 7.70. The first-order valence-electron chi connectivity index (χ1n) is 4.49. The number of rotatable bonds is 1. The number of fused-ring (bicyclic) bond motifs is 1. The zero-order valence-electron chi connectivity index (χ0n) is 7.91. The van der Waals surface area contributed by atoms with Crippen LogP contribution in [-0.2, 0) is 4.79 Å². The van der Waals surface area contributed by atoms with E-state index in [1.165, 1.54) is 0 Å². The average molecular weight is 208 g/mol.